The van der Waals surface area contributed by atoms with Crippen LogP contribution in [0.3, 0.4) is 0 Å². The zero-order valence-corrected chi connectivity index (χ0v) is 9.27. The highest BCUT2D eigenvalue weighted by Crippen LogP contribution is 2.11. The Bertz CT molecular complexity index is 423. The summed E-state index contributed by atoms with van der Waals surface area (Å²) >= 11 is 0. The van der Waals surface area contributed by atoms with E-state index in [1.54, 1.807) is 6.26 Å². The highest BCUT2D eigenvalue weighted by atomic mass is 16.5. The topological polar surface area (TPSA) is 34.4 Å². The molecule has 0 saturated heterocycles. The molecular formula is C13H15NO2. The molecule has 2 rings (SSSR count). The van der Waals surface area contributed by atoms with Crippen LogP contribution in [0.5, 0.6) is 0 Å². The lowest BCUT2D eigenvalue weighted by Gasteiger charge is -2.05. The fraction of sp³-hybridized carbons (Fsp3) is 0.231. The number of rotatable bonds is 5. The molecule has 0 aliphatic carbocycles. The molecule has 0 atom stereocenters. The predicted molar refractivity (Wildman–Crippen MR) is 63.2 cm³/mol. The highest BCUT2D eigenvalue weighted by molar-refractivity contribution is 5.44. The smallest absolute Gasteiger partial charge is 0.129 e. The molecule has 16 heavy (non-hydrogen) atoms. The van der Waals surface area contributed by atoms with Crippen LogP contribution in [0, 0.1) is 0 Å². The Morgan fingerprint density at radius 1 is 1.19 bits per heavy atom. The fourth-order valence-corrected chi connectivity index (χ4v) is 1.48. The van der Waals surface area contributed by atoms with E-state index in [9.17, 15) is 0 Å². The Morgan fingerprint density at radius 2 is 2.12 bits per heavy atom. The third-order valence-corrected chi connectivity index (χ3v) is 2.31. The number of anilines is 1. The number of hydrogen-bond donors (Lipinski definition) is 1. The maximum atomic E-state index is 5.54. The van der Waals surface area contributed by atoms with Crippen molar-refractivity contribution in [3.8, 4) is 0 Å². The van der Waals surface area contributed by atoms with E-state index in [1.807, 2.05) is 37.4 Å². The summed E-state index contributed by atoms with van der Waals surface area (Å²) in [5, 5.41) is 3.10. The number of benzene rings is 1. The predicted octanol–water partition coefficient (Wildman–Crippen LogP) is 3.04. The molecule has 1 N–H and O–H groups in total. The Hall–Kier alpha value is -1.74. The van der Waals surface area contributed by atoms with Gasteiger partial charge in [0, 0.05) is 12.7 Å². The van der Waals surface area contributed by atoms with Gasteiger partial charge < -0.3 is 14.5 Å². The second kappa shape index (κ2) is 5.37. The molecule has 0 radical (unpaired) electrons. The van der Waals surface area contributed by atoms with Gasteiger partial charge in [-0.3, -0.25) is 0 Å². The van der Waals surface area contributed by atoms with Crippen molar-refractivity contribution in [3.05, 3.63) is 54.0 Å². The second-order valence-electron chi connectivity index (χ2n) is 3.52. The minimum atomic E-state index is 0.511. The first-order chi connectivity index (χ1) is 7.88. The quantitative estimate of drug-likeness (QED) is 0.835. The van der Waals surface area contributed by atoms with Gasteiger partial charge in [0.25, 0.3) is 0 Å². The molecule has 0 aliphatic rings. The van der Waals surface area contributed by atoms with Crippen LogP contribution in [0.4, 0.5) is 5.69 Å². The van der Waals surface area contributed by atoms with E-state index < -0.39 is 0 Å². The Balaban J connectivity index is 1.85. The lowest BCUT2D eigenvalue weighted by Crippen LogP contribution is -1.94. The summed E-state index contributed by atoms with van der Waals surface area (Å²) in [7, 11) is 1.91. The van der Waals surface area contributed by atoms with Crippen LogP contribution in [0.1, 0.15) is 11.3 Å². The van der Waals surface area contributed by atoms with Crippen molar-refractivity contribution in [2.24, 2.45) is 0 Å². The molecule has 1 aromatic heterocycles. The van der Waals surface area contributed by atoms with Gasteiger partial charge in [0.2, 0.25) is 0 Å². The maximum Gasteiger partial charge on any atom is 0.129 e. The van der Waals surface area contributed by atoms with E-state index in [1.165, 1.54) is 0 Å². The average molecular weight is 217 g/mol. The molecule has 1 aromatic carbocycles. The summed E-state index contributed by atoms with van der Waals surface area (Å²) in [6.07, 6.45) is 1.65. The molecule has 0 spiro atoms. The minimum Gasteiger partial charge on any atom is -0.467 e. The van der Waals surface area contributed by atoms with Gasteiger partial charge in [-0.1, -0.05) is 12.1 Å². The van der Waals surface area contributed by atoms with Crippen LogP contribution >= 0.6 is 0 Å². The lowest BCUT2D eigenvalue weighted by molar-refractivity contribution is 0.0930. The van der Waals surface area contributed by atoms with Gasteiger partial charge in [-0.05, 0) is 29.8 Å². The second-order valence-corrected chi connectivity index (χ2v) is 3.52. The third kappa shape index (κ3) is 2.87. The van der Waals surface area contributed by atoms with E-state index in [4.69, 9.17) is 9.15 Å². The molecule has 0 saturated carbocycles. The van der Waals surface area contributed by atoms with Crippen molar-refractivity contribution in [3.63, 3.8) is 0 Å². The van der Waals surface area contributed by atoms with Crippen molar-refractivity contribution in [2.45, 2.75) is 13.2 Å². The van der Waals surface area contributed by atoms with Crippen molar-refractivity contribution < 1.29 is 9.15 Å². The summed E-state index contributed by atoms with van der Waals surface area (Å²) in [5.41, 5.74) is 2.25. The van der Waals surface area contributed by atoms with Gasteiger partial charge in [0.15, 0.2) is 0 Å². The monoisotopic (exact) mass is 217 g/mol. The molecule has 0 unspecified atom stereocenters. The number of nitrogens with one attached hydrogen (secondary N) is 1. The van der Waals surface area contributed by atoms with Crippen molar-refractivity contribution in [2.75, 3.05) is 12.4 Å². The van der Waals surface area contributed by atoms with Gasteiger partial charge in [-0.15, -0.1) is 0 Å². The Kier molecular flexibility index (Phi) is 3.62. The number of hydrogen-bond acceptors (Lipinski definition) is 3. The largest absolute Gasteiger partial charge is 0.467 e. The van der Waals surface area contributed by atoms with E-state index in [2.05, 4.69) is 11.4 Å². The fourth-order valence-electron chi connectivity index (χ4n) is 1.48. The van der Waals surface area contributed by atoms with Crippen molar-refractivity contribution in [1.82, 2.24) is 0 Å². The first kappa shape index (κ1) is 10.8. The molecule has 84 valence electrons. The standard InChI is InChI=1S/C13H15NO2/c1-14-12-5-2-4-11(8-12)9-15-10-13-6-3-7-16-13/h2-8,14H,9-10H2,1H3. The van der Waals surface area contributed by atoms with Crippen molar-refractivity contribution >= 4 is 5.69 Å². The van der Waals surface area contributed by atoms with Crippen LogP contribution in [-0.2, 0) is 18.0 Å². The first-order valence-electron chi connectivity index (χ1n) is 5.25. The summed E-state index contributed by atoms with van der Waals surface area (Å²) in [4.78, 5) is 0. The van der Waals surface area contributed by atoms with Crippen LogP contribution in [0.25, 0.3) is 0 Å². The molecule has 0 fully saturated rings. The highest BCUT2D eigenvalue weighted by Gasteiger charge is 1.97. The lowest BCUT2D eigenvalue weighted by atomic mass is 10.2. The van der Waals surface area contributed by atoms with Gasteiger partial charge >= 0.3 is 0 Å². The first-order valence-corrected chi connectivity index (χ1v) is 5.25. The van der Waals surface area contributed by atoms with Crippen LogP contribution < -0.4 is 5.32 Å². The molecule has 0 bridgehead atoms. The zero-order chi connectivity index (χ0) is 11.2. The van der Waals surface area contributed by atoms with Crippen LogP contribution in [0.2, 0.25) is 0 Å². The summed E-state index contributed by atoms with van der Waals surface area (Å²) in [5.74, 6) is 0.852. The Labute approximate surface area is 95.0 Å². The van der Waals surface area contributed by atoms with E-state index in [0.29, 0.717) is 13.2 Å². The molecule has 2 aromatic rings. The Morgan fingerprint density at radius 3 is 2.88 bits per heavy atom. The minimum absolute atomic E-state index is 0.511. The molecule has 3 nitrogen and oxygen atoms in total. The maximum absolute atomic E-state index is 5.54. The van der Waals surface area contributed by atoms with E-state index in [-0.39, 0.29) is 0 Å². The normalized spacial score (nSPS) is 10.3. The van der Waals surface area contributed by atoms with Gasteiger partial charge in [0.05, 0.1) is 12.9 Å². The molecule has 3 heteroatoms. The van der Waals surface area contributed by atoms with Gasteiger partial charge in [-0.2, -0.15) is 0 Å². The van der Waals surface area contributed by atoms with Crippen LogP contribution in [-0.4, -0.2) is 7.05 Å². The molecule has 1 heterocycles. The summed E-state index contributed by atoms with van der Waals surface area (Å²) in [6, 6.07) is 11.9. The van der Waals surface area contributed by atoms with E-state index >= 15 is 0 Å². The summed E-state index contributed by atoms with van der Waals surface area (Å²) < 4.78 is 10.7. The SMILES string of the molecule is CNc1cccc(COCc2ccco2)c1. The van der Waals surface area contributed by atoms with Crippen molar-refractivity contribution in [1.29, 1.82) is 0 Å². The molecule has 0 amide bonds. The van der Waals surface area contributed by atoms with E-state index in [0.717, 1.165) is 17.0 Å². The van der Waals surface area contributed by atoms with Crippen LogP contribution in [0.15, 0.2) is 47.1 Å². The molecular weight excluding hydrogens is 202 g/mol. The molecule has 0 aliphatic heterocycles. The number of furan rings is 1. The zero-order valence-electron chi connectivity index (χ0n) is 9.27. The number of ether oxygens (including phenoxy) is 1. The average Bonchev–Trinajstić information content (AvgIpc) is 2.82. The summed E-state index contributed by atoms with van der Waals surface area (Å²) in [6.45, 7) is 1.10. The third-order valence-electron chi connectivity index (χ3n) is 2.31. The van der Waals surface area contributed by atoms with Gasteiger partial charge in [-0.25, -0.2) is 0 Å². The van der Waals surface area contributed by atoms with Gasteiger partial charge in [0.1, 0.15) is 12.4 Å².